The Kier molecular flexibility index (Phi) is 54.7. The van der Waals surface area contributed by atoms with Gasteiger partial charge in [0.05, 0.1) is 33.8 Å². The molecule has 0 aliphatic carbocycles. The molecule has 3 atom stereocenters. The van der Waals surface area contributed by atoms with Gasteiger partial charge in [0.2, 0.25) is 5.91 Å². The molecule has 1 amide bonds. The molecule has 0 bridgehead atoms. The molecule has 75 heavy (non-hydrogen) atoms. The quantitative estimate of drug-likeness (QED) is 0.0212. The number of hydrogen-bond acceptors (Lipinski definition) is 7. The number of nitrogens with one attached hydrogen (secondary N) is 1. The summed E-state index contributed by atoms with van der Waals surface area (Å²) >= 11 is 0. The van der Waals surface area contributed by atoms with Gasteiger partial charge in [-0.2, -0.15) is 0 Å². The van der Waals surface area contributed by atoms with Crippen LogP contribution in [0.1, 0.15) is 329 Å². The van der Waals surface area contributed by atoms with Crippen LogP contribution in [0.25, 0.3) is 0 Å². The summed E-state index contributed by atoms with van der Waals surface area (Å²) in [5.41, 5.74) is 0. The van der Waals surface area contributed by atoms with Crippen LogP contribution in [0.3, 0.4) is 0 Å². The van der Waals surface area contributed by atoms with Gasteiger partial charge in [-0.15, -0.1) is 0 Å². The summed E-state index contributed by atoms with van der Waals surface area (Å²) in [7, 11) is 1.20. The molecule has 9 nitrogen and oxygen atoms in total. The maximum Gasteiger partial charge on any atom is 0.306 e. The normalized spacial score (nSPS) is 13.7. The van der Waals surface area contributed by atoms with Crippen LogP contribution in [0.5, 0.6) is 0 Å². The molecule has 0 spiro atoms. The number of hydrogen-bond donors (Lipinski definition) is 1. The van der Waals surface area contributed by atoms with Crippen LogP contribution in [0.4, 0.5) is 0 Å². The number of likely N-dealkylation sites (N-methyl/N-ethyl adjacent to an activating group) is 1. The van der Waals surface area contributed by atoms with Crippen molar-refractivity contribution in [2.24, 2.45) is 0 Å². The van der Waals surface area contributed by atoms with E-state index < -0.39 is 20.0 Å². The van der Waals surface area contributed by atoms with Crippen molar-refractivity contribution in [3.63, 3.8) is 0 Å². The molecule has 1 N–H and O–H groups in total. The molecule has 0 saturated heterocycles. The number of phosphoric ester groups is 1. The third-order valence-electron chi connectivity index (χ3n) is 14.9. The van der Waals surface area contributed by atoms with E-state index in [-0.39, 0.29) is 31.5 Å². The number of unbranched alkanes of at least 4 members (excludes halogenated alkanes) is 42. The molecular weight excluding hydrogens is 952 g/mol. The van der Waals surface area contributed by atoms with Crippen LogP contribution in [0, 0.1) is 0 Å². The van der Waals surface area contributed by atoms with Gasteiger partial charge in [-0.25, -0.2) is 0 Å². The Morgan fingerprint density at radius 3 is 1.13 bits per heavy atom. The van der Waals surface area contributed by atoms with Crippen molar-refractivity contribution in [2.75, 3.05) is 40.9 Å². The summed E-state index contributed by atoms with van der Waals surface area (Å²) in [4.78, 5) is 40.0. The average Bonchev–Trinajstić information content (AvgIpc) is 3.37. The SMILES string of the molecule is CCCCCCCC/C=C/CCCCCCCCCCCCCC(=O)NC(COP(=O)([O-])OCC[N+](C)(C)C)C(/C=C\CCCCCCCCCCCCC)OC(=O)CCCCCCCCCCCCCCCCC. The van der Waals surface area contributed by atoms with E-state index >= 15 is 0 Å². The van der Waals surface area contributed by atoms with E-state index in [1.807, 2.05) is 33.3 Å². The predicted molar refractivity (Wildman–Crippen MR) is 321 cm³/mol. The summed E-state index contributed by atoms with van der Waals surface area (Å²) in [6, 6.07) is -0.883. The fourth-order valence-electron chi connectivity index (χ4n) is 9.81. The Balaban J connectivity index is 5.18. The van der Waals surface area contributed by atoms with Crippen molar-refractivity contribution < 1.29 is 37.3 Å². The van der Waals surface area contributed by atoms with E-state index in [4.69, 9.17) is 13.8 Å². The van der Waals surface area contributed by atoms with E-state index in [9.17, 15) is 19.0 Å². The Labute approximate surface area is 466 Å². The first-order chi connectivity index (χ1) is 36.4. The Morgan fingerprint density at radius 1 is 0.453 bits per heavy atom. The molecule has 0 aliphatic rings. The number of carbonyl (C=O) groups is 2. The van der Waals surface area contributed by atoms with Crippen molar-refractivity contribution in [3.05, 3.63) is 24.3 Å². The first-order valence-electron chi connectivity index (χ1n) is 32.6. The van der Waals surface area contributed by atoms with Crippen LogP contribution in [0.2, 0.25) is 0 Å². The van der Waals surface area contributed by atoms with Crippen molar-refractivity contribution in [1.82, 2.24) is 5.32 Å². The lowest BCUT2D eigenvalue weighted by molar-refractivity contribution is -0.870. The maximum atomic E-state index is 13.6. The highest BCUT2D eigenvalue weighted by atomic mass is 31.2. The zero-order valence-corrected chi connectivity index (χ0v) is 51.7. The topological polar surface area (TPSA) is 114 Å². The largest absolute Gasteiger partial charge is 0.756 e. The molecule has 3 unspecified atom stereocenters. The molecular formula is C65H127N2O7P. The highest BCUT2D eigenvalue weighted by Crippen LogP contribution is 2.38. The van der Waals surface area contributed by atoms with Crippen molar-refractivity contribution >= 4 is 19.7 Å². The number of rotatable bonds is 60. The van der Waals surface area contributed by atoms with Crippen LogP contribution >= 0.6 is 7.82 Å². The lowest BCUT2D eigenvalue weighted by Gasteiger charge is -2.30. The predicted octanol–water partition coefficient (Wildman–Crippen LogP) is 19.5. The molecule has 0 saturated carbocycles. The third-order valence-corrected chi connectivity index (χ3v) is 15.8. The fraction of sp³-hybridized carbons (Fsp3) is 0.908. The summed E-state index contributed by atoms with van der Waals surface area (Å²) in [6.45, 7) is 6.89. The molecule has 0 aliphatic heterocycles. The second-order valence-electron chi connectivity index (χ2n) is 23.6. The number of nitrogens with zero attached hydrogens (tertiary/aromatic N) is 1. The van der Waals surface area contributed by atoms with E-state index in [1.54, 1.807) is 0 Å². The van der Waals surface area contributed by atoms with Gasteiger partial charge in [0, 0.05) is 12.8 Å². The second-order valence-corrected chi connectivity index (χ2v) is 25.0. The first kappa shape index (κ1) is 73.5. The molecule has 0 rings (SSSR count). The molecule has 0 aromatic carbocycles. The van der Waals surface area contributed by atoms with Crippen LogP contribution in [-0.2, 0) is 27.9 Å². The van der Waals surface area contributed by atoms with Crippen LogP contribution in [0.15, 0.2) is 24.3 Å². The number of esters is 1. The highest BCUT2D eigenvalue weighted by Gasteiger charge is 2.27. The molecule has 0 aromatic rings. The number of ether oxygens (including phenoxy) is 1. The summed E-state index contributed by atoms with van der Waals surface area (Å²) < 4.78 is 30.4. The molecule has 0 fully saturated rings. The lowest BCUT2D eigenvalue weighted by atomic mass is 10.0. The van der Waals surface area contributed by atoms with Crippen LogP contribution in [-0.4, -0.2) is 69.4 Å². The van der Waals surface area contributed by atoms with E-state index in [1.165, 1.54) is 238 Å². The standard InChI is InChI=1S/C65H127N2O7P/c1-7-10-13-16-19-22-25-28-30-31-32-33-34-35-37-39-42-45-48-51-54-57-64(68)66-62(61-73-75(70,71)72-60-59-67(4,5)6)63(56-53-50-47-44-41-38-27-24-21-18-15-12-9-3)74-65(69)58-55-52-49-46-43-40-36-29-26-23-20-17-14-11-8-2/h28,30,53,56,62-63H,7-27,29,31-52,54-55,57-61H2,1-6H3,(H-,66,68,70,71)/b30-28+,56-53-. The summed E-state index contributed by atoms with van der Waals surface area (Å²) in [6.07, 6.45) is 65.7. The van der Waals surface area contributed by atoms with Gasteiger partial charge in [-0.1, -0.05) is 283 Å². The zero-order valence-electron chi connectivity index (χ0n) is 50.8. The molecule has 10 heteroatoms. The van der Waals surface area contributed by atoms with Gasteiger partial charge in [0.25, 0.3) is 7.82 Å². The minimum Gasteiger partial charge on any atom is -0.756 e. The van der Waals surface area contributed by atoms with Gasteiger partial charge in [0.15, 0.2) is 0 Å². The molecule has 444 valence electrons. The summed E-state index contributed by atoms with van der Waals surface area (Å²) in [5.74, 6) is -0.523. The smallest absolute Gasteiger partial charge is 0.306 e. The maximum absolute atomic E-state index is 13.6. The lowest BCUT2D eigenvalue weighted by Crippen LogP contribution is -2.47. The number of phosphoric acid groups is 1. The Bertz CT molecular complexity index is 1340. The van der Waals surface area contributed by atoms with Gasteiger partial charge in [-0.05, 0) is 57.4 Å². The van der Waals surface area contributed by atoms with Crippen molar-refractivity contribution in [3.8, 4) is 0 Å². The van der Waals surface area contributed by atoms with Gasteiger partial charge in [-0.3, -0.25) is 14.2 Å². The number of quaternary nitrogens is 1. The zero-order chi connectivity index (χ0) is 55.0. The molecule has 0 heterocycles. The minimum absolute atomic E-state index is 0.0185. The molecule has 0 aromatic heterocycles. The number of amides is 1. The van der Waals surface area contributed by atoms with Crippen molar-refractivity contribution in [1.29, 1.82) is 0 Å². The monoisotopic (exact) mass is 1080 g/mol. The number of carbonyl (C=O) groups excluding carboxylic acids is 2. The highest BCUT2D eigenvalue weighted by molar-refractivity contribution is 7.45. The Morgan fingerprint density at radius 2 is 0.773 bits per heavy atom. The second kappa shape index (κ2) is 55.8. The van der Waals surface area contributed by atoms with Crippen molar-refractivity contribution in [2.45, 2.75) is 341 Å². The van der Waals surface area contributed by atoms with E-state index in [0.717, 1.165) is 57.8 Å². The van der Waals surface area contributed by atoms with Gasteiger partial charge in [0.1, 0.15) is 19.3 Å². The third kappa shape index (κ3) is 57.0. The minimum atomic E-state index is -4.69. The number of allylic oxidation sites excluding steroid dienone is 3. The Hall–Kier alpha value is -1.51. The van der Waals surface area contributed by atoms with Crippen LogP contribution < -0.4 is 10.2 Å². The average molecular weight is 1080 g/mol. The molecule has 0 radical (unpaired) electrons. The first-order valence-corrected chi connectivity index (χ1v) is 34.1. The summed E-state index contributed by atoms with van der Waals surface area (Å²) in [5, 5.41) is 3.04. The van der Waals surface area contributed by atoms with Gasteiger partial charge >= 0.3 is 5.97 Å². The van der Waals surface area contributed by atoms with E-state index in [2.05, 4.69) is 38.2 Å². The fourth-order valence-corrected chi connectivity index (χ4v) is 10.5. The van der Waals surface area contributed by atoms with E-state index in [0.29, 0.717) is 17.4 Å². The van der Waals surface area contributed by atoms with Gasteiger partial charge < -0.3 is 28.5 Å².